The third-order valence-electron chi connectivity index (χ3n) is 3.32. The van der Waals surface area contributed by atoms with Crippen LogP contribution in [0.4, 0.5) is 0 Å². The highest BCUT2D eigenvalue weighted by Gasteiger charge is 2.08. The van der Waals surface area contributed by atoms with Gasteiger partial charge in [0.25, 0.3) is 0 Å². The van der Waals surface area contributed by atoms with E-state index in [2.05, 4.69) is 55.1 Å². The van der Waals surface area contributed by atoms with Gasteiger partial charge in [0.15, 0.2) is 0 Å². The number of likely N-dealkylation sites (N-methyl/N-ethyl adjacent to an activating group) is 1. The highest BCUT2D eigenvalue weighted by Crippen LogP contribution is 2.25. The number of nitrogens with zero attached hydrogens (tertiary/aromatic N) is 1. The van der Waals surface area contributed by atoms with Crippen molar-refractivity contribution >= 4 is 10.9 Å². The van der Waals surface area contributed by atoms with Gasteiger partial charge in [-0.25, -0.2) is 0 Å². The van der Waals surface area contributed by atoms with Crippen LogP contribution in [-0.2, 0) is 6.42 Å². The lowest BCUT2D eigenvalue weighted by Gasteiger charge is -2.10. The summed E-state index contributed by atoms with van der Waals surface area (Å²) in [6, 6.07) is 7.36. The third kappa shape index (κ3) is 2.37. The normalized spacial score (nSPS) is 11.6. The lowest BCUT2D eigenvalue weighted by molar-refractivity contribution is 0.621. The number of hydrogen-bond donors (Lipinski definition) is 1. The van der Waals surface area contributed by atoms with Crippen molar-refractivity contribution in [1.82, 2.24) is 9.88 Å². The molecular weight excluding hydrogens is 208 g/mol. The minimum atomic E-state index is 0.519. The molecule has 0 fully saturated rings. The van der Waals surface area contributed by atoms with Crippen LogP contribution in [0.5, 0.6) is 0 Å². The Labute approximate surface area is 104 Å². The predicted molar refractivity (Wildman–Crippen MR) is 74.7 cm³/mol. The summed E-state index contributed by atoms with van der Waals surface area (Å²) < 4.78 is 2.37. The van der Waals surface area contributed by atoms with Crippen LogP contribution < -0.4 is 5.32 Å². The number of hydrogen-bond acceptors (Lipinski definition) is 1. The molecule has 0 saturated carbocycles. The highest BCUT2D eigenvalue weighted by molar-refractivity contribution is 5.84. The lowest BCUT2D eigenvalue weighted by Crippen LogP contribution is -2.10. The molecule has 1 aromatic heterocycles. The second-order valence-corrected chi connectivity index (χ2v) is 5.02. The molecule has 1 heterocycles. The average Bonchev–Trinajstić information content (AvgIpc) is 2.64. The van der Waals surface area contributed by atoms with Gasteiger partial charge >= 0.3 is 0 Å². The van der Waals surface area contributed by atoms with Crippen molar-refractivity contribution in [3.8, 4) is 0 Å². The van der Waals surface area contributed by atoms with E-state index in [1.54, 1.807) is 0 Å². The van der Waals surface area contributed by atoms with Crippen LogP contribution in [0.15, 0.2) is 24.4 Å². The summed E-state index contributed by atoms with van der Waals surface area (Å²) in [5.74, 6) is 0. The Morgan fingerprint density at radius 1 is 1.29 bits per heavy atom. The highest BCUT2D eigenvalue weighted by atomic mass is 15.0. The number of benzene rings is 1. The SMILES string of the molecule is CNCCc1ccc2c(C)cn(C(C)C)c2c1. The zero-order chi connectivity index (χ0) is 12.4. The fourth-order valence-electron chi connectivity index (χ4n) is 2.32. The maximum absolute atomic E-state index is 3.20. The second kappa shape index (κ2) is 4.92. The van der Waals surface area contributed by atoms with Crippen molar-refractivity contribution in [1.29, 1.82) is 0 Å². The molecule has 17 heavy (non-hydrogen) atoms. The predicted octanol–water partition coefficient (Wildman–Crippen LogP) is 3.29. The van der Waals surface area contributed by atoms with Crippen molar-refractivity contribution in [3.63, 3.8) is 0 Å². The van der Waals surface area contributed by atoms with E-state index in [9.17, 15) is 0 Å². The molecule has 0 aliphatic carbocycles. The van der Waals surface area contributed by atoms with Gasteiger partial charge in [-0.15, -0.1) is 0 Å². The lowest BCUT2D eigenvalue weighted by atomic mass is 10.1. The average molecular weight is 230 g/mol. The monoisotopic (exact) mass is 230 g/mol. The maximum Gasteiger partial charge on any atom is 0.0488 e. The molecule has 0 radical (unpaired) electrons. The van der Waals surface area contributed by atoms with Crippen LogP contribution in [-0.4, -0.2) is 18.2 Å². The summed E-state index contributed by atoms with van der Waals surface area (Å²) >= 11 is 0. The molecule has 1 aromatic carbocycles. The molecule has 2 rings (SSSR count). The first kappa shape index (κ1) is 12.2. The van der Waals surface area contributed by atoms with Gasteiger partial charge in [0.2, 0.25) is 0 Å². The largest absolute Gasteiger partial charge is 0.345 e. The van der Waals surface area contributed by atoms with Crippen LogP contribution >= 0.6 is 0 Å². The van der Waals surface area contributed by atoms with Gasteiger partial charge in [0, 0.05) is 23.1 Å². The zero-order valence-corrected chi connectivity index (χ0v) is 11.2. The standard InChI is InChI=1S/C15H22N2/c1-11(2)17-10-12(3)14-6-5-13(7-8-16-4)9-15(14)17/h5-6,9-11,16H,7-8H2,1-4H3. The van der Waals surface area contributed by atoms with Crippen molar-refractivity contribution in [2.24, 2.45) is 0 Å². The Kier molecular flexibility index (Phi) is 3.53. The van der Waals surface area contributed by atoms with Crippen LogP contribution in [0, 0.1) is 6.92 Å². The molecule has 0 aliphatic rings. The molecule has 0 unspecified atom stereocenters. The third-order valence-corrected chi connectivity index (χ3v) is 3.32. The van der Waals surface area contributed by atoms with Crippen LogP contribution in [0.2, 0.25) is 0 Å². The van der Waals surface area contributed by atoms with E-state index in [1.165, 1.54) is 22.0 Å². The molecule has 0 bridgehead atoms. The molecule has 0 spiro atoms. The Hall–Kier alpha value is -1.28. The van der Waals surface area contributed by atoms with E-state index >= 15 is 0 Å². The van der Waals surface area contributed by atoms with Gasteiger partial charge in [0.05, 0.1) is 0 Å². The quantitative estimate of drug-likeness (QED) is 0.853. The van der Waals surface area contributed by atoms with Gasteiger partial charge in [-0.05, 0) is 58.0 Å². The van der Waals surface area contributed by atoms with Crippen molar-refractivity contribution in [2.75, 3.05) is 13.6 Å². The Balaban J connectivity index is 2.47. The number of rotatable bonds is 4. The van der Waals surface area contributed by atoms with Gasteiger partial charge in [0.1, 0.15) is 0 Å². The van der Waals surface area contributed by atoms with E-state index in [1.807, 2.05) is 7.05 Å². The summed E-state index contributed by atoms with van der Waals surface area (Å²) in [5.41, 5.74) is 4.15. The molecule has 0 amide bonds. The van der Waals surface area contributed by atoms with E-state index in [0.717, 1.165) is 13.0 Å². The van der Waals surface area contributed by atoms with Crippen molar-refractivity contribution in [2.45, 2.75) is 33.2 Å². The molecule has 1 N–H and O–H groups in total. The van der Waals surface area contributed by atoms with Gasteiger partial charge < -0.3 is 9.88 Å². The zero-order valence-electron chi connectivity index (χ0n) is 11.2. The number of fused-ring (bicyclic) bond motifs is 1. The summed E-state index contributed by atoms with van der Waals surface area (Å²) in [6.07, 6.45) is 3.35. The van der Waals surface area contributed by atoms with Crippen LogP contribution in [0.1, 0.15) is 31.0 Å². The molecule has 92 valence electrons. The number of aryl methyl sites for hydroxylation is 1. The van der Waals surface area contributed by atoms with E-state index in [4.69, 9.17) is 0 Å². The summed E-state index contributed by atoms with van der Waals surface area (Å²) in [7, 11) is 2.00. The van der Waals surface area contributed by atoms with Crippen molar-refractivity contribution in [3.05, 3.63) is 35.5 Å². The van der Waals surface area contributed by atoms with E-state index in [0.29, 0.717) is 6.04 Å². The molecule has 2 heteroatoms. The Morgan fingerprint density at radius 2 is 2.06 bits per heavy atom. The molecule has 2 aromatic rings. The first-order valence-corrected chi connectivity index (χ1v) is 6.38. The van der Waals surface area contributed by atoms with Gasteiger partial charge in [-0.1, -0.05) is 12.1 Å². The van der Waals surface area contributed by atoms with Gasteiger partial charge in [-0.3, -0.25) is 0 Å². The van der Waals surface area contributed by atoms with Crippen LogP contribution in [0.3, 0.4) is 0 Å². The fraction of sp³-hybridized carbons (Fsp3) is 0.467. The minimum Gasteiger partial charge on any atom is -0.345 e. The Bertz CT molecular complexity index is 509. The smallest absolute Gasteiger partial charge is 0.0488 e. The number of nitrogens with one attached hydrogen (secondary N) is 1. The fourth-order valence-corrected chi connectivity index (χ4v) is 2.32. The van der Waals surface area contributed by atoms with E-state index in [-0.39, 0.29) is 0 Å². The topological polar surface area (TPSA) is 17.0 Å². The molecular formula is C15H22N2. The van der Waals surface area contributed by atoms with E-state index < -0.39 is 0 Å². The second-order valence-electron chi connectivity index (χ2n) is 5.02. The summed E-state index contributed by atoms with van der Waals surface area (Å²) in [6.45, 7) is 7.69. The van der Waals surface area contributed by atoms with Crippen molar-refractivity contribution < 1.29 is 0 Å². The number of aromatic nitrogens is 1. The first-order chi connectivity index (χ1) is 8.13. The molecule has 0 atom stereocenters. The van der Waals surface area contributed by atoms with Gasteiger partial charge in [-0.2, -0.15) is 0 Å². The van der Waals surface area contributed by atoms with Crippen LogP contribution in [0.25, 0.3) is 10.9 Å². The molecule has 2 nitrogen and oxygen atoms in total. The summed E-state index contributed by atoms with van der Waals surface area (Å²) in [5, 5.41) is 4.58. The Morgan fingerprint density at radius 3 is 2.71 bits per heavy atom. The minimum absolute atomic E-state index is 0.519. The first-order valence-electron chi connectivity index (χ1n) is 6.38. The molecule has 0 aliphatic heterocycles. The summed E-state index contributed by atoms with van der Waals surface area (Å²) in [4.78, 5) is 0. The molecule has 0 saturated heterocycles. The maximum atomic E-state index is 3.20.